The number of hydrogen-bond acceptors (Lipinski definition) is 5. The highest BCUT2D eigenvalue weighted by Gasteiger charge is 2.40. The minimum Gasteiger partial charge on any atom is -0.296 e. The van der Waals surface area contributed by atoms with Gasteiger partial charge in [0.05, 0.1) is 6.04 Å². The predicted octanol–water partition coefficient (Wildman–Crippen LogP) is 4.25. The molecule has 0 unspecified atom stereocenters. The van der Waals surface area contributed by atoms with Crippen molar-refractivity contribution in [2.45, 2.75) is 108 Å². The molecule has 3 saturated carbocycles. The zero-order chi connectivity index (χ0) is 17.0. The third kappa shape index (κ3) is 3.72. The molecule has 4 rings (SSSR count). The Balaban J connectivity index is 1.59. The monoisotopic (exact) mass is 344 g/mol. The molecule has 3 aliphatic carbocycles. The van der Waals surface area contributed by atoms with Crippen molar-refractivity contribution in [1.82, 2.24) is 25.6 Å². The molecule has 1 heterocycles. The van der Waals surface area contributed by atoms with Crippen LogP contribution in [0.25, 0.3) is 0 Å². The second-order valence-corrected chi connectivity index (χ2v) is 8.23. The fourth-order valence-corrected chi connectivity index (χ4v) is 4.88. The van der Waals surface area contributed by atoms with Crippen molar-refractivity contribution in [3.8, 4) is 0 Å². The predicted molar refractivity (Wildman–Crippen MR) is 98.4 cm³/mol. The molecule has 0 amide bonds. The summed E-state index contributed by atoms with van der Waals surface area (Å²) in [5.41, 5.74) is 4.79. The van der Waals surface area contributed by atoms with E-state index in [-0.39, 0.29) is 5.54 Å². The van der Waals surface area contributed by atoms with Crippen molar-refractivity contribution in [3.63, 3.8) is 0 Å². The van der Waals surface area contributed by atoms with E-state index in [9.17, 15) is 0 Å². The second kappa shape index (κ2) is 7.83. The molecular weight excluding hydrogens is 312 g/mol. The van der Waals surface area contributed by atoms with Gasteiger partial charge in [-0.3, -0.25) is 5.43 Å². The molecule has 1 N–H and O–H groups in total. The van der Waals surface area contributed by atoms with Gasteiger partial charge in [0.1, 0.15) is 5.54 Å². The van der Waals surface area contributed by atoms with Crippen molar-refractivity contribution in [2.24, 2.45) is 5.10 Å². The molecule has 0 aliphatic heterocycles. The Kier molecular flexibility index (Phi) is 5.32. The minimum atomic E-state index is -0.163. The zero-order valence-corrected chi connectivity index (χ0v) is 15.4. The number of nitrogens with one attached hydrogen (secondary N) is 1. The average molecular weight is 345 g/mol. The van der Waals surface area contributed by atoms with Crippen LogP contribution in [0.2, 0.25) is 0 Å². The molecule has 138 valence electrons. The van der Waals surface area contributed by atoms with Gasteiger partial charge < -0.3 is 0 Å². The maximum atomic E-state index is 4.88. The number of rotatable bonds is 4. The molecule has 1 aromatic rings. The summed E-state index contributed by atoms with van der Waals surface area (Å²) < 4.78 is 2.15. The largest absolute Gasteiger partial charge is 0.296 e. The molecule has 0 spiro atoms. The molecule has 0 atom stereocenters. The van der Waals surface area contributed by atoms with E-state index < -0.39 is 0 Å². The lowest BCUT2D eigenvalue weighted by Crippen LogP contribution is -2.44. The van der Waals surface area contributed by atoms with Crippen LogP contribution in [0.1, 0.15) is 108 Å². The van der Waals surface area contributed by atoms with Gasteiger partial charge in [0, 0.05) is 5.71 Å². The van der Waals surface area contributed by atoms with Crippen LogP contribution in [-0.2, 0) is 5.54 Å². The first-order valence-corrected chi connectivity index (χ1v) is 10.5. The van der Waals surface area contributed by atoms with Crippen molar-refractivity contribution < 1.29 is 0 Å². The van der Waals surface area contributed by atoms with Gasteiger partial charge in [0.2, 0.25) is 0 Å². The quantitative estimate of drug-likeness (QED) is 0.829. The number of hydrogen-bond donors (Lipinski definition) is 1. The standard InChI is InChI=1S/C19H32N6/c1-4-10-16(11-5-1)20-22-19(14-8-3-9-15-19)18-21-23-24-25(18)17-12-6-2-7-13-17/h17,22H,1-15H2. The molecular formula is C19H32N6. The summed E-state index contributed by atoms with van der Waals surface area (Å²) in [6, 6.07) is 0.474. The molecule has 25 heavy (non-hydrogen) atoms. The fraction of sp³-hybridized carbons (Fsp3) is 0.895. The van der Waals surface area contributed by atoms with Crippen LogP contribution in [0.5, 0.6) is 0 Å². The lowest BCUT2D eigenvalue weighted by atomic mass is 9.81. The van der Waals surface area contributed by atoms with Gasteiger partial charge in [-0.05, 0) is 61.8 Å². The van der Waals surface area contributed by atoms with E-state index in [2.05, 4.69) is 25.6 Å². The highest BCUT2D eigenvalue weighted by Crippen LogP contribution is 2.38. The average Bonchev–Trinajstić information content (AvgIpc) is 3.19. The highest BCUT2D eigenvalue weighted by molar-refractivity contribution is 5.84. The normalized spacial score (nSPS) is 24.9. The van der Waals surface area contributed by atoms with Crippen LogP contribution in [0.3, 0.4) is 0 Å². The SMILES string of the molecule is C1CCC(=NNC2(c3nnnn3C3CCCCC3)CCCCC2)CC1. The van der Waals surface area contributed by atoms with E-state index >= 15 is 0 Å². The number of tetrazole rings is 1. The maximum absolute atomic E-state index is 4.88. The van der Waals surface area contributed by atoms with Crippen LogP contribution in [0.15, 0.2) is 5.10 Å². The van der Waals surface area contributed by atoms with Crippen LogP contribution in [0, 0.1) is 0 Å². The number of aromatic nitrogens is 4. The third-order valence-electron chi connectivity index (χ3n) is 6.41. The van der Waals surface area contributed by atoms with E-state index in [0.29, 0.717) is 6.04 Å². The van der Waals surface area contributed by atoms with Crippen LogP contribution >= 0.6 is 0 Å². The Hall–Kier alpha value is -1.46. The summed E-state index contributed by atoms with van der Waals surface area (Å²) in [5, 5.41) is 17.9. The summed E-state index contributed by atoms with van der Waals surface area (Å²) >= 11 is 0. The second-order valence-electron chi connectivity index (χ2n) is 8.23. The lowest BCUT2D eigenvalue weighted by molar-refractivity contribution is 0.199. The topological polar surface area (TPSA) is 68.0 Å². The molecule has 3 fully saturated rings. The molecule has 3 aliphatic rings. The molecule has 0 aromatic carbocycles. The van der Waals surface area contributed by atoms with Gasteiger partial charge in [-0.25, -0.2) is 4.68 Å². The van der Waals surface area contributed by atoms with E-state index in [1.807, 2.05) is 0 Å². The van der Waals surface area contributed by atoms with Gasteiger partial charge in [0.15, 0.2) is 5.82 Å². The van der Waals surface area contributed by atoms with Crippen LogP contribution in [-0.4, -0.2) is 25.9 Å². The molecule has 1 aromatic heterocycles. The van der Waals surface area contributed by atoms with Gasteiger partial charge in [-0.2, -0.15) is 5.10 Å². The summed E-state index contributed by atoms with van der Waals surface area (Å²) in [5.74, 6) is 1.04. The minimum absolute atomic E-state index is 0.163. The number of nitrogens with zero attached hydrogens (tertiary/aromatic N) is 5. The summed E-state index contributed by atoms with van der Waals surface area (Å²) in [6.45, 7) is 0. The maximum Gasteiger partial charge on any atom is 0.178 e. The van der Waals surface area contributed by atoms with Crippen molar-refractivity contribution in [1.29, 1.82) is 0 Å². The molecule has 0 radical (unpaired) electrons. The molecule has 0 bridgehead atoms. The number of hydrazone groups is 1. The van der Waals surface area contributed by atoms with Crippen LogP contribution < -0.4 is 5.43 Å². The smallest absolute Gasteiger partial charge is 0.178 e. The highest BCUT2D eigenvalue weighted by atomic mass is 15.6. The zero-order valence-electron chi connectivity index (χ0n) is 15.4. The third-order valence-corrected chi connectivity index (χ3v) is 6.41. The lowest BCUT2D eigenvalue weighted by Gasteiger charge is -2.37. The van der Waals surface area contributed by atoms with Gasteiger partial charge in [0.25, 0.3) is 0 Å². The first-order chi connectivity index (χ1) is 12.4. The van der Waals surface area contributed by atoms with Gasteiger partial charge >= 0.3 is 0 Å². The molecule has 6 heteroatoms. The molecule has 6 nitrogen and oxygen atoms in total. The van der Waals surface area contributed by atoms with E-state index in [1.54, 1.807) is 0 Å². The van der Waals surface area contributed by atoms with Crippen molar-refractivity contribution in [2.75, 3.05) is 0 Å². The summed E-state index contributed by atoms with van der Waals surface area (Å²) in [6.07, 6.45) is 18.6. The first kappa shape index (κ1) is 17.0. The van der Waals surface area contributed by atoms with Gasteiger partial charge in [-0.1, -0.05) is 44.9 Å². The Morgan fingerprint density at radius 1 is 0.880 bits per heavy atom. The summed E-state index contributed by atoms with van der Waals surface area (Å²) in [7, 11) is 0. The van der Waals surface area contributed by atoms with E-state index in [1.165, 1.54) is 76.3 Å². The van der Waals surface area contributed by atoms with Crippen LogP contribution in [0.4, 0.5) is 0 Å². The Morgan fingerprint density at radius 2 is 1.56 bits per heavy atom. The molecule has 0 saturated heterocycles. The Labute approximate surface area is 150 Å². The summed E-state index contributed by atoms with van der Waals surface area (Å²) in [4.78, 5) is 0. The van der Waals surface area contributed by atoms with Gasteiger partial charge in [-0.15, -0.1) is 5.10 Å². The van der Waals surface area contributed by atoms with Crippen molar-refractivity contribution in [3.05, 3.63) is 5.82 Å². The van der Waals surface area contributed by atoms with Crippen molar-refractivity contribution >= 4 is 5.71 Å². The first-order valence-electron chi connectivity index (χ1n) is 10.5. The Morgan fingerprint density at radius 3 is 2.32 bits per heavy atom. The van der Waals surface area contributed by atoms with E-state index in [4.69, 9.17) is 5.10 Å². The fourth-order valence-electron chi connectivity index (χ4n) is 4.88. The van der Waals surface area contributed by atoms with E-state index in [0.717, 1.165) is 31.5 Å². The Bertz CT molecular complexity index is 572.